The van der Waals surface area contributed by atoms with E-state index in [0.717, 1.165) is 22.4 Å². The van der Waals surface area contributed by atoms with Crippen molar-refractivity contribution in [3.05, 3.63) is 66.1 Å². The quantitative estimate of drug-likeness (QED) is 0.631. The molecule has 1 aromatic carbocycles. The summed E-state index contributed by atoms with van der Waals surface area (Å²) in [5.74, 6) is 0.232. The first-order valence-corrected chi connectivity index (χ1v) is 8.52. The van der Waals surface area contributed by atoms with Crippen LogP contribution in [-0.4, -0.2) is 46.1 Å². The number of nitrogens with zero attached hydrogens (tertiary/aromatic N) is 3. The number of hydrogen-bond acceptors (Lipinski definition) is 6. The van der Waals surface area contributed by atoms with E-state index in [1.165, 1.54) is 0 Å². The van der Waals surface area contributed by atoms with E-state index in [1.54, 1.807) is 12.4 Å². The number of hydrogen-bond donors (Lipinski definition) is 2. The molecule has 0 unspecified atom stereocenters. The van der Waals surface area contributed by atoms with Crippen LogP contribution in [0.1, 0.15) is 11.3 Å². The molecule has 0 spiro atoms. The van der Waals surface area contributed by atoms with Gasteiger partial charge in [0.05, 0.1) is 17.8 Å². The van der Waals surface area contributed by atoms with Crippen LogP contribution >= 0.6 is 0 Å². The summed E-state index contributed by atoms with van der Waals surface area (Å²) in [5.41, 5.74) is 3.62. The summed E-state index contributed by atoms with van der Waals surface area (Å²) in [6.07, 6.45) is 3.49. The van der Waals surface area contributed by atoms with Gasteiger partial charge in [0.2, 0.25) is 11.8 Å². The van der Waals surface area contributed by atoms with E-state index in [4.69, 9.17) is 14.4 Å². The van der Waals surface area contributed by atoms with Crippen molar-refractivity contribution < 1.29 is 19.2 Å². The van der Waals surface area contributed by atoms with E-state index in [2.05, 4.69) is 15.5 Å². The molecule has 28 heavy (non-hydrogen) atoms. The third kappa shape index (κ3) is 6.03. The van der Waals surface area contributed by atoms with Crippen molar-refractivity contribution in [2.75, 3.05) is 18.9 Å². The van der Waals surface area contributed by atoms with Gasteiger partial charge in [0.15, 0.2) is 0 Å². The average molecular weight is 382 g/mol. The minimum Gasteiger partial charge on any atom is -0.483 e. The number of carboxylic acid groups (broad SMARTS) is 1. The highest BCUT2D eigenvalue weighted by Gasteiger charge is 2.17. The molecule has 8 heteroatoms. The second kappa shape index (κ2) is 10.6. The Hall–Kier alpha value is -3.52. The summed E-state index contributed by atoms with van der Waals surface area (Å²) >= 11 is 0. The molecule has 3 aromatic rings. The summed E-state index contributed by atoms with van der Waals surface area (Å²) in [6.45, 7) is 2.52. The lowest BCUT2D eigenvalue weighted by Gasteiger charge is -2.15. The molecule has 0 radical (unpaired) electrons. The zero-order chi connectivity index (χ0) is 20.4. The highest BCUT2D eigenvalue weighted by atomic mass is 16.5. The number of likely N-dealkylation sites (N-methyl/N-ethyl adjacent to an activating group) is 1. The molecule has 0 fully saturated rings. The molecule has 8 nitrogen and oxygen atoms in total. The number of nitrogens with one attached hydrogen (secondary N) is 1. The first kappa shape index (κ1) is 20.8. The molecule has 0 bridgehead atoms. The van der Waals surface area contributed by atoms with Gasteiger partial charge in [0.25, 0.3) is 6.47 Å². The van der Waals surface area contributed by atoms with Crippen LogP contribution in [0.5, 0.6) is 0 Å². The van der Waals surface area contributed by atoms with Gasteiger partial charge in [-0.25, -0.2) is 0 Å². The predicted molar refractivity (Wildman–Crippen MR) is 105 cm³/mol. The maximum atomic E-state index is 12.4. The highest BCUT2D eigenvalue weighted by molar-refractivity contribution is 5.95. The van der Waals surface area contributed by atoms with Crippen molar-refractivity contribution >= 4 is 18.3 Å². The van der Waals surface area contributed by atoms with Gasteiger partial charge in [-0.1, -0.05) is 35.5 Å². The van der Waals surface area contributed by atoms with Gasteiger partial charge < -0.3 is 9.63 Å². The average Bonchev–Trinajstić information content (AvgIpc) is 3.03. The van der Waals surface area contributed by atoms with E-state index in [1.807, 2.05) is 61.3 Å². The molecule has 146 valence electrons. The lowest BCUT2D eigenvalue weighted by Crippen LogP contribution is -2.29. The van der Waals surface area contributed by atoms with Crippen molar-refractivity contribution in [2.45, 2.75) is 13.5 Å². The number of aryl methyl sites for hydroxylation is 1. The van der Waals surface area contributed by atoms with Crippen molar-refractivity contribution in [1.82, 2.24) is 15.0 Å². The zero-order valence-corrected chi connectivity index (χ0v) is 15.7. The van der Waals surface area contributed by atoms with E-state index in [-0.39, 0.29) is 18.9 Å². The molecule has 2 heterocycles. The Morgan fingerprint density at radius 1 is 1.21 bits per heavy atom. The van der Waals surface area contributed by atoms with Crippen LogP contribution in [0.25, 0.3) is 11.1 Å². The second-order valence-corrected chi connectivity index (χ2v) is 6.02. The van der Waals surface area contributed by atoms with Crippen molar-refractivity contribution in [3.63, 3.8) is 0 Å². The SMILES string of the molecule is Cc1noc(NC(=O)CN(C)Cc2ccncc2)c1-c1ccccc1.O=CO. The largest absolute Gasteiger partial charge is 0.483 e. The summed E-state index contributed by atoms with van der Waals surface area (Å²) in [4.78, 5) is 26.6. The highest BCUT2D eigenvalue weighted by Crippen LogP contribution is 2.31. The van der Waals surface area contributed by atoms with Crippen molar-refractivity contribution in [1.29, 1.82) is 0 Å². The lowest BCUT2D eigenvalue weighted by molar-refractivity contribution is -0.123. The van der Waals surface area contributed by atoms with Crippen molar-refractivity contribution in [2.24, 2.45) is 0 Å². The number of pyridine rings is 1. The number of aromatic nitrogens is 2. The third-order valence-corrected chi connectivity index (χ3v) is 3.79. The first-order chi connectivity index (χ1) is 13.5. The molecule has 0 saturated carbocycles. The second-order valence-electron chi connectivity index (χ2n) is 6.02. The van der Waals surface area contributed by atoms with E-state index >= 15 is 0 Å². The molecule has 1 amide bonds. The Morgan fingerprint density at radius 2 is 1.86 bits per heavy atom. The van der Waals surface area contributed by atoms with Crippen LogP contribution in [0.15, 0.2) is 59.4 Å². The molecular weight excluding hydrogens is 360 g/mol. The molecule has 0 atom stereocenters. The topological polar surface area (TPSA) is 109 Å². The molecular formula is C20H22N4O4. The van der Waals surface area contributed by atoms with Gasteiger partial charge in [-0.05, 0) is 37.2 Å². The van der Waals surface area contributed by atoms with Gasteiger partial charge in [0, 0.05) is 18.9 Å². The minimum atomic E-state index is -0.250. The van der Waals surface area contributed by atoms with E-state index < -0.39 is 0 Å². The van der Waals surface area contributed by atoms with Gasteiger partial charge >= 0.3 is 0 Å². The maximum Gasteiger partial charge on any atom is 0.290 e. The number of benzene rings is 1. The molecule has 0 saturated heterocycles. The molecule has 2 aromatic heterocycles. The standard InChI is InChI=1S/C19H20N4O2.CH2O2/c1-14-18(16-6-4-3-5-7-16)19(25-22-14)21-17(24)13-23(2)12-15-8-10-20-11-9-15;2-1-3/h3-11H,12-13H2,1-2H3,(H,21,24);1H,(H,2,3). The zero-order valence-electron chi connectivity index (χ0n) is 15.7. The fourth-order valence-electron chi connectivity index (χ4n) is 2.67. The molecule has 0 aliphatic heterocycles. The van der Waals surface area contributed by atoms with Crippen LogP contribution in [0.2, 0.25) is 0 Å². The normalized spacial score (nSPS) is 10.1. The fraction of sp³-hybridized carbons (Fsp3) is 0.200. The van der Waals surface area contributed by atoms with Crippen LogP contribution in [0.3, 0.4) is 0 Å². The van der Waals surface area contributed by atoms with Crippen LogP contribution < -0.4 is 5.32 Å². The monoisotopic (exact) mass is 382 g/mol. The Balaban J connectivity index is 0.000000878. The van der Waals surface area contributed by atoms with E-state index in [0.29, 0.717) is 12.4 Å². The predicted octanol–water partition coefficient (Wildman–Crippen LogP) is 2.82. The molecule has 3 rings (SSSR count). The Morgan fingerprint density at radius 3 is 2.50 bits per heavy atom. The van der Waals surface area contributed by atoms with Gasteiger partial charge in [-0.15, -0.1) is 0 Å². The van der Waals surface area contributed by atoms with E-state index in [9.17, 15) is 4.79 Å². The molecule has 2 N–H and O–H groups in total. The Kier molecular flexibility index (Phi) is 7.86. The van der Waals surface area contributed by atoms with Crippen LogP contribution in [0, 0.1) is 6.92 Å². The van der Waals surface area contributed by atoms with Gasteiger partial charge in [0.1, 0.15) is 0 Å². The summed E-state index contributed by atoms with van der Waals surface area (Å²) < 4.78 is 5.31. The number of amides is 1. The Bertz CT molecular complexity index is 882. The van der Waals surface area contributed by atoms with Crippen LogP contribution in [-0.2, 0) is 16.1 Å². The number of carbonyl (C=O) groups excluding carboxylic acids is 1. The van der Waals surface area contributed by atoms with Crippen molar-refractivity contribution in [3.8, 4) is 11.1 Å². The smallest absolute Gasteiger partial charge is 0.290 e. The summed E-state index contributed by atoms with van der Waals surface area (Å²) in [6, 6.07) is 13.6. The van der Waals surface area contributed by atoms with Gasteiger partial charge in [-0.2, -0.15) is 0 Å². The fourth-order valence-corrected chi connectivity index (χ4v) is 2.67. The minimum absolute atomic E-state index is 0.148. The number of rotatable bonds is 6. The summed E-state index contributed by atoms with van der Waals surface area (Å²) in [5, 5.41) is 13.7. The molecule has 0 aliphatic rings. The van der Waals surface area contributed by atoms with Gasteiger partial charge in [-0.3, -0.25) is 24.8 Å². The maximum absolute atomic E-state index is 12.4. The number of anilines is 1. The molecule has 0 aliphatic carbocycles. The first-order valence-electron chi connectivity index (χ1n) is 8.52. The lowest BCUT2D eigenvalue weighted by atomic mass is 10.1. The number of carbonyl (C=O) groups is 2. The summed E-state index contributed by atoms with van der Waals surface area (Å²) in [7, 11) is 1.89. The third-order valence-electron chi connectivity index (χ3n) is 3.79. The Labute approximate surface area is 162 Å². The van der Waals surface area contributed by atoms with Crippen LogP contribution in [0.4, 0.5) is 5.88 Å².